The Bertz CT molecular complexity index is 502. The Labute approximate surface area is 96.7 Å². The molecule has 0 bridgehead atoms. The number of hydrogen-bond acceptors (Lipinski definition) is 3. The van der Waals surface area contributed by atoms with Crippen LogP contribution in [0.25, 0.3) is 10.9 Å². The van der Waals surface area contributed by atoms with Crippen molar-refractivity contribution in [1.82, 2.24) is 9.97 Å². The van der Waals surface area contributed by atoms with Crippen molar-refractivity contribution in [2.24, 2.45) is 0 Å². The average Bonchev–Trinajstić information content (AvgIpc) is 2.17. The van der Waals surface area contributed by atoms with E-state index in [-0.39, 0.29) is 6.61 Å². The molecule has 0 unspecified atom stereocenters. The number of aliphatic hydroxyl groups excluding tert-OH is 1. The van der Waals surface area contributed by atoms with Gasteiger partial charge in [0.2, 0.25) is 0 Å². The topological polar surface area (TPSA) is 46.0 Å². The zero-order chi connectivity index (χ0) is 10.8. The fourth-order valence-corrected chi connectivity index (χ4v) is 1.74. The summed E-state index contributed by atoms with van der Waals surface area (Å²) in [5, 5.41) is 10.5. The van der Waals surface area contributed by atoms with Crippen LogP contribution in [0.3, 0.4) is 0 Å². The number of benzene rings is 1. The lowest BCUT2D eigenvalue weighted by Gasteiger charge is -2.03. The van der Waals surface area contributed by atoms with Crippen LogP contribution in [0.1, 0.15) is 5.82 Å². The van der Waals surface area contributed by atoms with Crippen molar-refractivity contribution < 1.29 is 5.11 Å². The van der Waals surface area contributed by atoms with Gasteiger partial charge in [0.1, 0.15) is 11.0 Å². The molecule has 0 atom stereocenters. The van der Waals surface area contributed by atoms with Gasteiger partial charge in [-0.25, -0.2) is 9.97 Å². The van der Waals surface area contributed by atoms with E-state index in [1.54, 1.807) is 18.2 Å². The molecule has 2 aromatic rings. The lowest BCUT2D eigenvalue weighted by Crippen LogP contribution is -1.99. The summed E-state index contributed by atoms with van der Waals surface area (Å²) in [5.74, 6) is 0.525. The van der Waals surface area contributed by atoms with E-state index in [1.165, 1.54) is 0 Å². The molecule has 1 heterocycles. The molecule has 2 rings (SSSR count). The molecule has 78 valence electrons. The molecule has 0 aliphatic heterocycles. The highest BCUT2D eigenvalue weighted by atomic mass is 35.5. The first-order chi connectivity index (χ1) is 7.20. The van der Waals surface area contributed by atoms with Gasteiger partial charge in [-0.2, -0.15) is 0 Å². The number of halogens is 2. The minimum Gasteiger partial charge on any atom is -0.396 e. The zero-order valence-corrected chi connectivity index (χ0v) is 9.26. The van der Waals surface area contributed by atoms with Crippen LogP contribution < -0.4 is 0 Å². The number of fused-ring (bicyclic) bond motifs is 1. The van der Waals surface area contributed by atoms with Gasteiger partial charge in [-0.1, -0.05) is 23.2 Å². The van der Waals surface area contributed by atoms with Crippen LogP contribution in [-0.4, -0.2) is 21.7 Å². The van der Waals surface area contributed by atoms with Crippen LogP contribution in [0.4, 0.5) is 0 Å². The standard InChI is InChI=1S/C10H8Cl2N2O/c11-6-1-2-7-8(5-6)13-9(3-4-15)14-10(7)12/h1-2,5,15H,3-4H2. The van der Waals surface area contributed by atoms with Gasteiger partial charge < -0.3 is 5.11 Å². The van der Waals surface area contributed by atoms with Crippen molar-refractivity contribution >= 4 is 34.1 Å². The van der Waals surface area contributed by atoms with E-state index in [1.807, 2.05) is 0 Å². The summed E-state index contributed by atoms with van der Waals surface area (Å²) >= 11 is 11.8. The maximum absolute atomic E-state index is 8.79. The summed E-state index contributed by atoms with van der Waals surface area (Å²) in [7, 11) is 0. The van der Waals surface area contributed by atoms with Crippen molar-refractivity contribution in [3.63, 3.8) is 0 Å². The van der Waals surface area contributed by atoms with Crippen molar-refractivity contribution in [3.8, 4) is 0 Å². The second-order valence-corrected chi connectivity index (χ2v) is 3.86. The molecule has 1 N–H and O–H groups in total. The van der Waals surface area contributed by atoms with Crippen LogP contribution in [0.5, 0.6) is 0 Å². The predicted molar refractivity (Wildman–Crippen MR) is 60.3 cm³/mol. The second kappa shape index (κ2) is 4.31. The first-order valence-electron chi connectivity index (χ1n) is 4.43. The summed E-state index contributed by atoms with van der Waals surface area (Å²) in [5.41, 5.74) is 0.700. The van der Waals surface area contributed by atoms with Gasteiger partial charge in [0.15, 0.2) is 0 Å². The van der Waals surface area contributed by atoms with Gasteiger partial charge in [0.25, 0.3) is 0 Å². The number of hydrogen-bond donors (Lipinski definition) is 1. The van der Waals surface area contributed by atoms with Crippen LogP contribution in [0.2, 0.25) is 10.2 Å². The van der Waals surface area contributed by atoms with Gasteiger partial charge in [0, 0.05) is 16.8 Å². The average molecular weight is 243 g/mol. The molecular formula is C10H8Cl2N2O. The summed E-state index contributed by atoms with van der Waals surface area (Å²) < 4.78 is 0. The van der Waals surface area contributed by atoms with E-state index >= 15 is 0 Å². The van der Waals surface area contributed by atoms with Crippen LogP contribution in [0, 0.1) is 0 Å². The Morgan fingerprint density at radius 3 is 2.73 bits per heavy atom. The van der Waals surface area contributed by atoms with Gasteiger partial charge in [0.05, 0.1) is 12.1 Å². The van der Waals surface area contributed by atoms with Crippen LogP contribution >= 0.6 is 23.2 Å². The molecule has 0 aliphatic carbocycles. The maximum Gasteiger partial charge on any atom is 0.140 e. The molecule has 0 spiro atoms. The monoisotopic (exact) mass is 242 g/mol. The fraction of sp³-hybridized carbons (Fsp3) is 0.200. The maximum atomic E-state index is 8.79. The normalized spacial score (nSPS) is 10.9. The van der Waals surface area contributed by atoms with Crippen LogP contribution in [-0.2, 0) is 6.42 Å². The molecular weight excluding hydrogens is 235 g/mol. The third kappa shape index (κ3) is 2.20. The molecule has 0 aliphatic rings. The SMILES string of the molecule is OCCc1nc(Cl)c2ccc(Cl)cc2n1. The van der Waals surface area contributed by atoms with Gasteiger partial charge >= 0.3 is 0 Å². The molecule has 1 aromatic heterocycles. The summed E-state index contributed by atoms with van der Waals surface area (Å²) in [6.45, 7) is 0.00238. The minimum absolute atomic E-state index is 0.00238. The highest BCUT2D eigenvalue weighted by Gasteiger charge is 2.05. The van der Waals surface area contributed by atoms with Crippen LogP contribution in [0.15, 0.2) is 18.2 Å². The molecule has 15 heavy (non-hydrogen) atoms. The van der Waals surface area contributed by atoms with Gasteiger partial charge in [-0.05, 0) is 18.2 Å². The van der Waals surface area contributed by atoms with Crippen molar-refractivity contribution in [2.45, 2.75) is 6.42 Å². The van der Waals surface area contributed by atoms with Crippen molar-refractivity contribution in [3.05, 3.63) is 34.2 Å². The first-order valence-corrected chi connectivity index (χ1v) is 5.19. The highest BCUT2D eigenvalue weighted by Crippen LogP contribution is 2.23. The molecule has 0 saturated heterocycles. The van der Waals surface area contributed by atoms with E-state index in [4.69, 9.17) is 28.3 Å². The lowest BCUT2D eigenvalue weighted by molar-refractivity contribution is 0.297. The molecule has 1 aromatic carbocycles. The van der Waals surface area contributed by atoms with E-state index in [0.717, 1.165) is 5.39 Å². The summed E-state index contributed by atoms with van der Waals surface area (Å²) in [4.78, 5) is 8.32. The van der Waals surface area contributed by atoms with Gasteiger partial charge in [-0.15, -0.1) is 0 Å². The lowest BCUT2D eigenvalue weighted by atomic mass is 10.2. The number of aromatic nitrogens is 2. The molecule has 0 radical (unpaired) electrons. The number of rotatable bonds is 2. The Morgan fingerprint density at radius 1 is 1.20 bits per heavy atom. The largest absolute Gasteiger partial charge is 0.396 e. The van der Waals surface area contributed by atoms with Gasteiger partial charge in [-0.3, -0.25) is 0 Å². The Kier molecular flexibility index (Phi) is 3.05. The third-order valence-corrected chi connectivity index (χ3v) is 2.52. The minimum atomic E-state index is 0.00238. The van der Waals surface area contributed by atoms with Crippen molar-refractivity contribution in [2.75, 3.05) is 6.61 Å². The van der Waals surface area contributed by atoms with E-state index in [0.29, 0.717) is 27.9 Å². The van der Waals surface area contributed by atoms with E-state index < -0.39 is 0 Å². The quantitative estimate of drug-likeness (QED) is 0.824. The molecule has 5 heteroatoms. The van der Waals surface area contributed by atoms with Crippen molar-refractivity contribution in [1.29, 1.82) is 0 Å². The molecule has 0 saturated carbocycles. The summed E-state index contributed by atoms with van der Waals surface area (Å²) in [6, 6.07) is 5.25. The molecule has 3 nitrogen and oxygen atoms in total. The second-order valence-electron chi connectivity index (χ2n) is 3.07. The predicted octanol–water partition coefficient (Wildman–Crippen LogP) is 2.47. The zero-order valence-electron chi connectivity index (χ0n) is 7.74. The highest BCUT2D eigenvalue weighted by molar-refractivity contribution is 6.35. The molecule has 0 amide bonds. The molecule has 0 fully saturated rings. The number of aliphatic hydroxyl groups is 1. The third-order valence-electron chi connectivity index (χ3n) is 1.99. The Balaban J connectivity index is 2.63. The number of nitrogens with zero attached hydrogens (tertiary/aromatic N) is 2. The smallest absolute Gasteiger partial charge is 0.140 e. The fourth-order valence-electron chi connectivity index (χ4n) is 1.32. The Hall–Kier alpha value is -0.900. The Morgan fingerprint density at radius 2 is 2.00 bits per heavy atom. The summed E-state index contributed by atoms with van der Waals surface area (Å²) in [6.07, 6.45) is 0.391. The van der Waals surface area contributed by atoms with E-state index in [2.05, 4.69) is 9.97 Å². The first kappa shape index (κ1) is 10.6. The van der Waals surface area contributed by atoms with E-state index in [9.17, 15) is 0 Å².